The van der Waals surface area contributed by atoms with E-state index in [2.05, 4.69) is 17.4 Å². The molecule has 0 aliphatic carbocycles. The van der Waals surface area contributed by atoms with Crippen LogP contribution in [0.2, 0.25) is 0 Å². The summed E-state index contributed by atoms with van der Waals surface area (Å²) >= 11 is 0. The fraction of sp³-hybridized carbons (Fsp3) is 0.364. The summed E-state index contributed by atoms with van der Waals surface area (Å²) in [7, 11) is 0. The van der Waals surface area contributed by atoms with Crippen molar-refractivity contribution in [2.45, 2.75) is 38.6 Å². The van der Waals surface area contributed by atoms with Crippen molar-refractivity contribution < 1.29 is 9.59 Å². The van der Waals surface area contributed by atoms with Crippen molar-refractivity contribution >= 4 is 11.8 Å². The van der Waals surface area contributed by atoms with Gasteiger partial charge in [-0.3, -0.25) is 9.59 Å². The van der Waals surface area contributed by atoms with Gasteiger partial charge in [-0.2, -0.15) is 0 Å². The number of hydrogen-bond donors (Lipinski definition) is 1. The molecule has 0 aromatic heterocycles. The summed E-state index contributed by atoms with van der Waals surface area (Å²) in [6.45, 7) is 3.04. The van der Waals surface area contributed by atoms with E-state index in [1.54, 1.807) is 6.92 Å². The predicted octanol–water partition coefficient (Wildman–Crippen LogP) is 3.21. The maximum atomic E-state index is 12.8. The molecule has 1 saturated heterocycles. The predicted molar refractivity (Wildman–Crippen MR) is 103 cm³/mol. The highest BCUT2D eigenvalue weighted by atomic mass is 16.2. The number of carbonyl (C=O) groups is 2. The van der Waals surface area contributed by atoms with Gasteiger partial charge in [0.1, 0.15) is 0 Å². The molecule has 0 saturated carbocycles. The Labute approximate surface area is 155 Å². The number of amides is 2. The van der Waals surface area contributed by atoms with Gasteiger partial charge in [-0.1, -0.05) is 48.5 Å². The molecule has 1 heterocycles. The lowest BCUT2D eigenvalue weighted by molar-refractivity contribution is -0.129. The molecule has 0 spiro atoms. The van der Waals surface area contributed by atoms with Gasteiger partial charge in [0.25, 0.3) is 5.91 Å². The molecule has 0 radical (unpaired) electrons. The molecule has 4 nitrogen and oxygen atoms in total. The highest BCUT2D eigenvalue weighted by Gasteiger charge is 2.23. The molecule has 26 heavy (non-hydrogen) atoms. The van der Waals surface area contributed by atoms with Crippen LogP contribution >= 0.6 is 0 Å². The summed E-state index contributed by atoms with van der Waals surface area (Å²) in [4.78, 5) is 26.0. The standard InChI is InChI=1S/C22H26N2O2/c1-17(25)24-15-13-20(14-16-24)23-22(26)21-10-6-5-9-19(21)12-11-18-7-3-2-4-8-18/h2-10,20H,11-16H2,1H3,(H,23,26). The van der Waals surface area contributed by atoms with Gasteiger partial charge in [-0.15, -0.1) is 0 Å². The Morgan fingerprint density at radius 3 is 2.31 bits per heavy atom. The van der Waals surface area contributed by atoms with E-state index in [1.807, 2.05) is 47.4 Å². The molecule has 2 amide bonds. The van der Waals surface area contributed by atoms with Gasteiger partial charge in [0.15, 0.2) is 0 Å². The topological polar surface area (TPSA) is 49.4 Å². The average molecular weight is 350 g/mol. The van der Waals surface area contributed by atoms with Crippen molar-refractivity contribution in [1.82, 2.24) is 10.2 Å². The second-order valence-electron chi connectivity index (χ2n) is 6.90. The van der Waals surface area contributed by atoms with Gasteiger partial charge in [0, 0.05) is 31.6 Å². The van der Waals surface area contributed by atoms with Crippen LogP contribution in [-0.4, -0.2) is 35.8 Å². The fourth-order valence-corrected chi connectivity index (χ4v) is 3.49. The lowest BCUT2D eigenvalue weighted by Crippen LogP contribution is -2.46. The molecular formula is C22H26N2O2. The first kappa shape index (κ1) is 18.2. The Morgan fingerprint density at radius 1 is 0.962 bits per heavy atom. The van der Waals surface area contributed by atoms with Crippen LogP contribution in [0.1, 0.15) is 41.3 Å². The highest BCUT2D eigenvalue weighted by molar-refractivity contribution is 5.95. The van der Waals surface area contributed by atoms with Crippen LogP contribution in [0.15, 0.2) is 54.6 Å². The first-order valence-electron chi connectivity index (χ1n) is 9.31. The highest BCUT2D eigenvalue weighted by Crippen LogP contribution is 2.15. The number of piperidine rings is 1. The van der Waals surface area contributed by atoms with E-state index in [1.165, 1.54) is 5.56 Å². The number of hydrogen-bond acceptors (Lipinski definition) is 2. The molecule has 2 aromatic rings. The molecule has 4 heteroatoms. The molecular weight excluding hydrogens is 324 g/mol. The monoisotopic (exact) mass is 350 g/mol. The maximum absolute atomic E-state index is 12.8. The normalized spacial score (nSPS) is 14.9. The van der Waals surface area contributed by atoms with Gasteiger partial charge >= 0.3 is 0 Å². The van der Waals surface area contributed by atoms with E-state index in [9.17, 15) is 9.59 Å². The third-order valence-electron chi connectivity index (χ3n) is 5.06. The molecule has 1 N–H and O–H groups in total. The van der Waals surface area contributed by atoms with E-state index < -0.39 is 0 Å². The van der Waals surface area contributed by atoms with Crippen LogP contribution in [-0.2, 0) is 17.6 Å². The van der Waals surface area contributed by atoms with Gasteiger partial charge in [0.05, 0.1) is 0 Å². The van der Waals surface area contributed by atoms with E-state index in [0.29, 0.717) is 0 Å². The Morgan fingerprint density at radius 2 is 1.62 bits per heavy atom. The van der Waals surface area contributed by atoms with E-state index in [4.69, 9.17) is 0 Å². The van der Waals surface area contributed by atoms with Crippen LogP contribution in [0.4, 0.5) is 0 Å². The number of aryl methyl sites for hydroxylation is 2. The van der Waals surface area contributed by atoms with E-state index >= 15 is 0 Å². The first-order valence-corrected chi connectivity index (χ1v) is 9.31. The van der Waals surface area contributed by atoms with Gasteiger partial charge in [-0.05, 0) is 42.9 Å². The molecule has 0 bridgehead atoms. The maximum Gasteiger partial charge on any atom is 0.251 e. The number of carbonyl (C=O) groups excluding carboxylic acids is 2. The minimum atomic E-state index is -0.00469. The Hall–Kier alpha value is -2.62. The van der Waals surface area contributed by atoms with Gasteiger partial charge < -0.3 is 10.2 Å². The average Bonchev–Trinajstić information content (AvgIpc) is 2.68. The zero-order valence-corrected chi connectivity index (χ0v) is 15.3. The molecule has 136 valence electrons. The van der Waals surface area contributed by atoms with E-state index in [-0.39, 0.29) is 17.9 Å². The molecule has 1 aliphatic rings. The van der Waals surface area contributed by atoms with Crippen molar-refractivity contribution in [3.63, 3.8) is 0 Å². The van der Waals surface area contributed by atoms with Gasteiger partial charge in [0.2, 0.25) is 5.91 Å². The molecule has 3 rings (SSSR count). The SMILES string of the molecule is CC(=O)N1CCC(NC(=O)c2ccccc2CCc2ccccc2)CC1. The minimum absolute atomic E-state index is 0.00469. The Kier molecular flexibility index (Phi) is 6.05. The summed E-state index contributed by atoms with van der Waals surface area (Å²) in [6, 6.07) is 18.3. The number of likely N-dealkylation sites (tertiary alicyclic amines) is 1. The van der Waals surface area contributed by atoms with Crippen molar-refractivity contribution in [2.75, 3.05) is 13.1 Å². The molecule has 0 atom stereocenters. The lowest BCUT2D eigenvalue weighted by Gasteiger charge is -2.31. The van der Waals surface area contributed by atoms with Crippen LogP contribution in [0.3, 0.4) is 0 Å². The van der Waals surface area contributed by atoms with E-state index in [0.717, 1.165) is 49.9 Å². The van der Waals surface area contributed by atoms with Crippen molar-refractivity contribution in [1.29, 1.82) is 0 Å². The lowest BCUT2D eigenvalue weighted by atomic mass is 9.98. The van der Waals surface area contributed by atoms with Crippen LogP contribution in [0, 0.1) is 0 Å². The quantitative estimate of drug-likeness (QED) is 0.900. The first-order chi connectivity index (χ1) is 12.6. The summed E-state index contributed by atoms with van der Waals surface area (Å²) < 4.78 is 0. The number of rotatable bonds is 5. The number of nitrogens with one attached hydrogen (secondary N) is 1. The molecule has 2 aromatic carbocycles. The largest absolute Gasteiger partial charge is 0.349 e. The third kappa shape index (κ3) is 4.72. The van der Waals surface area contributed by atoms with Crippen LogP contribution in [0.25, 0.3) is 0 Å². The second-order valence-corrected chi connectivity index (χ2v) is 6.90. The number of benzene rings is 2. The summed E-state index contributed by atoms with van der Waals surface area (Å²) in [5.74, 6) is 0.107. The summed E-state index contributed by atoms with van der Waals surface area (Å²) in [6.07, 6.45) is 3.40. The molecule has 0 unspecified atom stereocenters. The van der Waals surface area contributed by atoms with Crippen LogP contribution in [0.5, 0.6) is 0 Å². The van der Waals surface area contributed by atoms with Crippen LogP contribution < -0.4 is 5.32 Å². The molecule has 1 fully saturated rings. The number of nitrogens with zero attached hydrogens (tertiary/aromatic N) is 1. The van der Waals surface area contributed by atoms with Crippen molar-refractivity contribution in [3.8, 4) is 0 Å². The summed E-state index contributed by atoms with van der Waals surface area (Å²) in [5.41, 5.74) is 3.12. The van der Waals surface area contributed by atoms with Gasteiger partial charge in [-0.25, -0.2) is 0 Å². The minimum Gasteiger partial charge on any atom is -0.349 e. The van der Waals surface area contributed by atoms with Crippen molar-refractivity contribution in [3.05, 3.63) is 71.3 Å². The molecule has 1 aliphatic heterocycles. The Balaban J connectivity index is 1.60. The zero-order valence-electron chi connectivity index (χ0n) is 15.3. The fourth-order valence-electron chi connectivity index (χ4n) is 3.49. The summed E-state index contributed by atoms with van der Waals surface area (Å²) in [5, 5.41) is 3.16. The smallest absolute Gasteiger partial charge is 0.251 e. The Bertz CT molecular complexity index is 750. The zero-order chi connectivity index (χ0) is 18.4. The van der Waals surface area contributed by atoms with Crippen molar-refractivity contribution in [2.24, 2.45) is 0 Å². The second kappa shape index (κ2) is 8.65. The third-order valence-corrected chi connectivity index (χ3v) is 5.06.